The number of ether oxygens (including phenoxy) is 3. The van der Waals surface area contributed by atoms with Gasteiger partial charge in [-0.25, -0.2) is 4.79 Å². The van der Waals surface area contributed by atoms with Crippen LogP contribution in [0.1, 0.15) is 92.4 Å². The second-order valence-corrected chi connectivity index (χ2v) is 13.8. The van der Waals surface area contributed by atoms with Crippen LogP contribution in [0.3, 0.4) is 0 Å². The molecule has 3 heterocycles. The fraction of sp³-hybridized carbons (Fsp3) is 0.900. The van der Waals surface area contributed by atoms with Gasteiger partial charge in [0.05, 0.1) is 24.4 Å². The van der Waals surface area contributed by atoms with E-state index < -0.39 is 5.60 Å². The van der Waals surface area contributed by atoms with Gasteiger partial charge in [-0.05, 0) is 109 Å². The summed E-state index contributed by atoms with van der Waals surface area (Å²) in [5.41, 5.74) is 1.31. The summed E-state index contributed by atoms with van der Waals surface area (Å²) >= 11 is 0. The first-order chi connectivity index (χ1) is 17.0. The van der Waals surface area contributed by atoms with E-state index >= 15 is 0 Å². The number of aliphatic hydroxyl groups is 1. The summed E-state index contributed by atoms with van der Waals surface area (Å²) in [6, 6.07) is 0. The van der Waals surface area contributed by atoms with E-state index in [0.29, 0.717) is 23.7 Å². The van der Waals surface area contributed by atoms with E-state index in [2.05, 4.69) is 19.9 Å². The third-order valence-corrected chi connectivity index (χ3v) is 10.5. The highest BCUT2D eigenvalue weighted by Crippen LogP contribution is 2.61. The summed E-state index contributed by atoms with van der Waals surface area (Å²) < 4.78 is 18.5. The molecule has 0 bridgehead atoms. The summed E-state index contributed by atoms with van der Waals surface area (Å²) in [5.74, 6) is 2.06. The lowest BCUT2D eigenvalue weighted by Crippen LogP contribution is -2.62. The van der Waals surface area contributed by atoms with Gasteiger partial charge in [-0.2, -0.15) is 0 Å². The molecule has 5 aliphatic rings. The third-order valence-electron chi connectivity index (χ3n) is 10.5. The van der Waals surface area contributed by atoms with Crippen molar-refractivity contribution < 1.29 is 24.1 Å². The van der Waals surface area contributed by atoms with Crippen LogP contribution in [0, 0.1) is 29.1 Å². The van der Waals surface area contributed by atoms with E-state index in [1.807, 2.05) is 25.7 Å². The summed E-state index contributed by atoms with van der Waals surface area (Å²) in [4.78, 5) is 14.2. The van der Waals surface area contributed by atoms with Crippen LogP contribution in [-0.2, 0) is 14.2 Å². The Morgan fingerprint density at radius 1 is 1.11 bits per heavy atom. The van der Waals surface area contributed by atoms with Gasteiger partial charge in [-0.15, -0.1) is 0 Å². The van der Waals surface area contributed by atoms with Crippen LogP contribution in [0.15, 0.2) is 11.6 Å². The standard InChI is InChI=1S/C30H49NO5/c1-28(2,3)36-27(33)31-15-10-20(11-16-31)6-7-21-8-13-29(4)22-9-14-30(5)23(12-17-34-30)26(22)35-25(19-32)24(29)18-21/h7,20,22-26,32H,6,8-19H2,1-5H3/t22?,23?,24?,25-,26?,29-,30+/m1/s1. The molecule has 5 rings (SSSR count). The second-order valence-electron chi connectivity index (χ2n) is 13.8. The molecule has 4 unspecified atom stereocenters. The monoisotopic (exact) mass is 503 g/mol. The zero-order valence-electron chi connectivity index (χ0n) is 23.3. The van der Waals surface area contributed by atoms with Crippen molar-refractivity contribution in [2.45, 2.75) is 116 Å². The molecule has 0 aromatic carbocycles. The van der Waals surface area contributed by atoms with Gasteiger partial charge in [0.25, 0.3) is 0 Å². The fourth-order valence-corrected chi connectivity index (χ4v) is 8.30. The fourth-order valence-electron chi connectivity index (χ4n) is 8.30. The highest BCUT2D eigenvalue weighted by molar-refractivity contribution is 5.68. The van der Waals surface area contributed by atoms with Crippen molar-refractivity contribution in [3.05, 3.63) is 11.6 Å². The molecule has 204 valence electrons. The predicted molar refractivity (Wildman–Crippen MR) is 140 cm³/mol. The van der Waals surface area contributed by atoms with Crippen molar-refractivity contribution in [2.75, 3.05) is 26.3 Å². The maximum atomic E-state index is 12.4. The molecule has 5 fully saturated rings. The molecule has 36 heavy (non-hydrogen) atoms. The lowest BCUT2D eigenvalue weighted by molar-refractivity contribution is -0.245. The van der Waals surface area contributed by atoms with Gasteiger partial charge < -0.3 is 24.2 Å². The third kappa shape index (κ3) is 4.99. The lowest BCUT2D eigenvalue weighted by atomic mass is 9.50. The van der Waals surface area contributed by atoms with Crippen LogP contribution >= 0.6 is 0 Å². The maximum absolute atomic E-state index is 12.4. The molecule has 0 spiro atoms. The Kier molecular flexibility index (Phi) is 7.28. The topological polar surface area (TPSA) is 68.2 Å². The van der Waals surface area contributed by atoms with Crippen LogP contribution in [-0.4, -0.2) is 65.8 Å². The van der Waals surface area contributed by atoms with Crippen molar-refractivity contribution in [1.29, 1.82) is 0 Å². The molecule has 0 aromatic heterocycles. The molecule has 6 heteroatoms. The van der Waals surface area contributed by atoms with Gasteiger partial charge in [0.1, 0.15) is 5.60 Å². The Hall–Kier alpha value is -1.11. The van der Waals surface area contributed by atoms with E-state index in [9.17, 15) is 9.90 Å². The molecule has 2 saturated carbocycles. The summed E-state index contributed by atoms with van der Waals surface area (Å²) in [7, 11) is 0. The molecular formula is C30H49NO5. The number of amides is 1. The Morgan fingerprint density at radius 3 is 2.56 bits per heavy atom. The van der Waals surface area contributed by atoms with E-state index in [4.69, 9.17) is 14.2 Å². The Bertz CT molecular complexity index is 843. The first-order valence-corrected chi connectivity index (χ1v) is 14.6. The number of nitrogens with zero attached hydrogens (tertiary/aromatic N) is 1. The number of rotatable bonds is 3. The number of hydrogen-bond acceptors (Lipinski definition) is 5. The molecule has 3 saturated heterocycles. The number of aliphatic hydroxyl groups excluding tert-OH is 1. The Morgan fingerprint density at radius 2 is 1.86 bits per heavy atom. The molecule has 1 amide bonds. The van der Waals surface area contributed by atoms with Gasteiger partial charge >= 0.3 is 6.09 Å². The molecule has 7 atom stereocenters. The number of hydrogen-bond donors (Lipinski definition) is 1. The van der Waals surface area contributed by atoms with Crippen molar-refractivity contribution >= 4 is 6.09 Å². The molecule has 1 N–H and O–H groups in total. The molecule has 0 aromatic rings. The number of allylic oxidation sites excluding steroid dienone is 2. The lowest BCUT2D eigenvalue weighted by Gasteiger charge is -2.61. The Labute approximate surface area is 218 Å². The minimum absolute atomic E-state index is 0.0385. The predicted octanol–water partition coefficient (Wildman–Crippen LogP) is 5.72. The average molecular weight is 504 g/mol. The van der Waals surface area contributed by atoms with Crippen molar-refractivity contribution in [2.24, 2.45) is 29.1 Å². The summed E-state index contributed by atoms with van der Waals surface area (Å²) in [6.07, 6.45) is 12.5. The zero-order chi connectivity index (χ0) is 25.7. The summed E-state index contributed by atoms with van der Waals surface area (Å²) in [6.45, 7) is 13.1. The number of carbonyl (C=O) groups is 1. The average Bonchev–Trinajstić information content (AvgIpc) is 3.23. The van der Waals surface area contributed by atoms with Crippen LogP contribution in [0.4, 0.5) is 4.79 Å². The summed E-state index contributed by atoms with van der Waals surface area (Å²) in [5, 5.41) is 10.4. The van der Waals surface area contributed by atoms with Gasteiger partial charge in [-0.3, -0.25) is 0 Å². The van der Waals surface area contributed by atoms with Gasteiger partial charge in [-0.1, -0.05) is 18.6 Å². The van der Waals surface area contributed by atoms with Crippen LogP contribution in [0.25, 0.3) is 0 Å². The minimum atomic E-state index is -0.439. The molecule has 2 aliphatic carbocycles. The van der Waals surface area contributed by atoms with E-state index in [-0.39, 0.29) is 35.9 Å². The second kappa shape index (κ2) is 9.89. The number of piperidine rings is 1. The number of fused-ring (bicyclic) bond motifs is 5. The normalized spacial score (nSPS) is 42.6. The number of carbonyl (C=O) groups excluding carboxylic acids is 1. The van der Waals surface area contributed by atoms with Crippen molar-refractivity contribution in [1.82, 2.24) is 4.90 Å². The van der Waals surface area contributed by atoms with E-state index in [1.54, 1.807) is 5.57 Å². The minimum Gasteiger partial charge on any atom is -0.444 e. The highest BCUT2D eigenvalue weighted by atomic mass is 16.6. The zero-order valence-corrected chi connectivity index (χ0v) is 23.3. The molecular weight excluding hydrogens is 454 g/mol. The number of likely N-dealkylation sites (tertiary alicyclic amines) is 1. The molecule has 3 aliphatic heterocycles. The molecule has 0 radical (unpaired) electrons. The van der Waals surface area contributed by atoms with E-state index in [1.165, 1.54) is 19.3 Å². The van der Waals surface area contributed by atoms with Crippen LogP contribution in [0.2, 0.25) is 0 Å². The quantitative estimate of drug-likeness (QED) is 0.499. The van der Waals surface area contributed by atoms with Crippen LogP contribution < -0.4 is 0 Å². The maximum Gasteiger partial charge on any atom is 0.410 e. The molecule has 6 nitrogen and oxygen atoms in total. The van der Waals surface area contributed by atoms with Crippen molar-refractivity contribution in [3.63, 3.8) is 0 Å². The Balaban J connectivity index is 1.19. The SMILES string of the molecule is CC(C)(C)OC(=O)N1CCC(CC=C2CC[C@]3(C)C4CC[C@]5(C)OCCC5C4O[C@H](CO)C3C2)CC1. The van der Waals surface area contributed by atoms with E-state index in [0.717, 1.165) is 58.2 Å². The van der Waals surface area contributed by atoms with Gasteiger partial charge in [0.2, 0.25) is 0 Å². The highest BCUT2D eigenvalue weighted by Gasteiger charge is 2.61. The van der Waals surface area contributed by atoms with Crippen LogP contribution in [0.5, 0.6) is 0 Å². The van der Waals surface area contributed by atoms with Gasteiger partial charge in [0.15, 0.2) is 0 Å². The first kappa shape index (κ1) is 26.5. The largest absolute Gasteiger partial charge is 0.444 e. The van der Waals surface area contributed by atoms with Gasteiger partial charge in [0, 0.05) is 25.6 Å². The first-order valence-electron chi connectivity index (χ1n) is 14.6. The van der Waals surface area contributed by atoms with Crippen molar-refractivity contribution in [3.8, 4) is 0 Å². The smallest absolute Gasteiger partial charge is 0.410 e.